The van der Waals surface area contributed by atoms with Crippen LogP contribution in [0.3, 0.4) is 0 Å². The van der Waals surface area contributed by atoms with Crippen LogP contribution in [-0.2, 0) is 0 Å². The first kappa shape index (κ1) is 23.1. The molecule has 3 nitrogen and oxygen atoms in total. The normalized spacial score (nSPS) is 11.8. The summed E-state index contributed by atoms with van der Waals surface area (Å²) in [6, 6.07) is 54.0. The highest BCUT2D eigenvalue weighted by Crippen LogP contribution is 2.43. The Balaban J connectivity index is 1.60. The number of imidazole rings is 1. The molecule has 42 heavy (non-hydrogen) atoms. The third-order valence-corrected chi connectivity index (χ3v) is 8.48. The first-order valence-electron chi connectivity index (χ1n) is 14.3. The van der Waals surface area contributed by atoms with Crippen molar-refractivity contribution in [3.8, 4) is 28.3 Å². The van der Waals surface area contributed by atoms with Crippen molar-refractivity contribution in [2.75, 3.05) is 0 Å². The molecular formula is C39H25N3. The maximum absolute atomic E-state index is 5.44. The molecule has 3 heterocycles. The molecule has 0 saturated heterocycles. The largest absolute Gasteiger partial charge is 0.309 e. The Morgan fingerprint density at radius 2 is 0.976 bits per heavy atom. The molecule has 0 aliphatic rings. The van der Waals surface area contributed by atoms with Gasteiger partial charge < -0.3 is 4.57 Å². The zero-order chi connectivity index (χ0) is 27.6. The van der Waals surface area contributed by atoms with E-state index in [0.29, 0.717) is 0 Å². The van der Waals surface area contributed by atoms with Gasteiger partial charge in [-0.25, -0.2) is 4.98 Å². The molecule has 0 aliphatic carbocycles. The van der Waals surface area contributed by atoms with Gasteiger partial charge in [0.05, 0.1) is 27.8 Å². The van der Waals surface area contributed by atoms with Gasteiger partial charge in [0.1, 0.15) is 5.82 Å². The average molecular weight is 536 g/mol. The quantitative estimate of drug-likeness (QED) is 0.206. The minimum absolute atomic E-state index is 0.948. The molecule has 0 amide bonds. The van der Waals surface area contributed by atoms with Crippen molar-refractivity contribution in [1.29, 1.82) is 0 Å². The van der Waals surface area contributed by atoms with Gasteiger partial charge in [0.2, 0.25) is 0 Å². The number of aromatic nitrogens is 3. The summed E-state index contributed by atoms with van der Waals surface area (Å²) in [5, 5.41) is 6.11. The molecule has 0 atom stereocenters. The van der Waals surface area contributed by atoms with Crippen LogP contribution in [0.25, 0.3) is 77.3 Å². The molecule has 9 aromatic rings. The first-order chi connectivity index (χ1) is 20.9. The van der Waals surface area contributed by atoms with Crippen LogP contribution < -0.4 is 0 Å². The Kier molecular flexibility index (Phi) is 4.90. The Bertz CT molecular complexity index is 2430. The Hall–Kier alpha value is -5.67. The van der Waals surface area contributed by atoms with Crippen molar-refractivity contribution < 1.29 is 0 Å². The lowest BCUT2D eigenvalue weighted by Gasteiger charge is -2.14. The van der Waals surface area contributed by atoms with E-state index < -0.39 is 0 Å². The van der Waals surface area contributed by atoms with Crippen molar-refractivity contribution in [2.24, 2.45) is 0 Å². The van der Waals surface area contributed by atoms with E-state index in [1.807, 2.05) is 0 Å². The summed E-state index contributed by atoms with van der Waals surface area (Å²) >= 11 is 0. The van der Waals surface area contributed by atoms with Gasteiger partial charge in [-0.3, -0.25) is 4.40 Å². The number of pyridine rings is 1. The summed E-state index contributed by atoms with van der Waals surface area (Å²) in [5.74, 6) is 0.948. The van der Waals surface area contributed by atoms with E-state index in [4.69, 9.17) is 4.98 Å². The van der Waals surface area contributed by atoms with Crippen LogP contribution >= 0.6 is 0 Å². The molecule has 196 valence electrons. The Labute approximate surface area is 242 Å². The summed E-state index contributed by atoms with van der Waals surface area (Å²) in [5.41, 5.74) is 9.04. The summed E-state index contributed by atoms with van der Waals surface area (Å²) in [4.78, 5) is 5.44. The van der Waals surface area contributed by atoms with Crippen molar-refractivity contribution in [3.63, 3.8) is 0 Å². The van der Waals surface area contributed by atoms with Crippen molar-refractivity contribution in [3.05, 3.63) is 152 Å². The zero-order valence-electron chi connectivity index (χ0n) is 22.8. The molecule has 0 saturated carbocycles. The third kappa shape index (κ3) is 3.19. The second-order valence-corrected chi connectivity index (χ2v) is 10.8. The number of fused-ring (bicyclic) bond motifs is 10. The minimum atomic E-state index is 0.948. The van der Waals surface area contributed by atoms with Gasteiger partial charge in [-0.05, 0) is 29.7 Å². The highest BCUT2D eigenvalue weighted by atomic mass is 15.0. The molecular weight excluding hydrogens is 510 g/mol. The van der Waals surface area contributed by atoms with Gasteiger partial charge in [0.15, 0.2) is 0 Å². The second-order valence-electron chi connectivity index (χ2n) is 10.8. The molecule has 0 N–H and O–H groups in total. The van der Waals surface area contributed by atoms with Gasteiger partial charge >= 0.3 is 0 Å². The molecule has 3 heteroatoms. The van der Waals surface area contributed by atoms with E-state index in [1.54, 1.807) is 0 Å². The van der Waals surface area contributed by atoms with Gasteiger partial charge in [-0.2, -0.15) is 0 Å². The zero-order valence-corrected chi connectivity index (χ0v) is 22.8. The first-order valence-corrected chi connectivity index (χ1v) is 14.3. The van der Waals surface area contributed by atoms with Crippen LogP contribution in [0.2, 0.25) is 0 Å². The van der Waals surface area contributed by atoms with E-state index >= 15 is 0 Å². The highest BCUT2D eigenvalue weighted by Gasteiger charge is 2.23. The molecule has 0 fully saturated rings. The van der Waals surface area contributed by atoms with Gasteiger partial charge in [0.25, 0.3) is 0 Å². The smallest absolute Gasteiger partial charge is 0.145 e. The summed E-state index contributed by atoms with van der Waals surface area (Å²) < 4.78 is 4.82. The predicted octanol–water partition coefficient (Wildman–Crippen LogP) is 10.1. The molecule has 0 radical (unpaired) electrons. The van der Waals surface area contributed by atoms with Gasteiger partial charge in [-0.1, -0.05) is 127 Å². The summed E-state index contributed by atoms with van der Waals surface area (Å²) in [7, 11) is 0. The third-order valence-electron chi connectivity index (χ3n) is 8.48. The van der Waals surface area contributed by atoms with Crippen LogP contribution in [-0.4, -0.2) is 14.0 Å². The predicted molar refractivity (Wildman–Crippen MR) is 175 cm³/mol. The number of para-hydroxylation sites is 2. The van der Waals surface area contributed by atoms with Crippen LogP contribution in [0.1, 0.15) is 0 Å². The number of rotatable bonds is 3. The Morgan fingerprint density at radius 1 is 0.405 bits per heavy atom. The fraction of sp³-hybridized carbons (Fsp3) is 0. The van der Waals surface area contributed by atoms with E-state index in [0.717, 1.165) is 33.8 Å². The Morgan fingerprint density at radius 3 is 1.71 bits per heavy atom. The fourth-order valence-electron chi connectivity index (χ4n) is 6.74. The molecule has 0 unspecified atom stereocenters. The summed E-state index contributed by atoms with van der Waals surface area (Å²) in [6.07, 6.45) is 0. The van der Waals surface area contributed by atoms with E-state index in [9.17, 15) is 0 Å². The van der Waals surface area contributed by atoms with Crippen molar-refractivity contribution in [2.45, 2.75) is 0 Å². The second kappa shape index (κ2) is 8.92. The lowest BCUT2D eigenvalue weighted by Crippen LogP contribution is -1.96. The fourth-order valence-corrected chi connectivity index (χ4v) is 6.74. The molecule has 6 aromatic carbocycles. The molecule has 0 bridgehead atoms. The standard InChI is InChI=1S/C39H25N3/c1-4-14-26(15-5-1)36-38-30-21-11-10-20-29(30)31-24-25-34-35(37(31)42(38)39(40-36)27-16-6-2-7-17-27)32-22-12-13-23-33(32)41(34)28-18-8-3-9-19-28/h1-25H. The number of hydrogen-bond donors (Lipinski definition) is 0. The number of benzene rings is 6. The van der Waals surface area contributed by atoms with Crippen LogP contribution in [0.5, 0.6) is 0 Å². The topological polar surface area (TPSA) is 22.2 Å². The van der Waals surface area contributed by atoms with E-state index in [-0.39, 0.29) is 0 Å². The number of nitrogens with zero attached hydrogens (tertiary/aromatic N) is 3. The minimum Gasteiger partial charge on any atom is -0.309 e. The van der Waals surface area contributed by atoms with Crippen LogP contribution in [0, 0.1) is 0 Å². The van der Waals surface area contributed by atoms with Crippen LogP contribution in [0.15, 0.2) is 152 Å². The molecule has 0 aliphatic heterocycles. The molecule has 9 rings (SSSR count). The number of hydrogen-bond acceptors (Lipinski definition) is 1. The lowest BCUT2D eigenvalue weighted by molar-refractivity contribution is 1.18. The monoisotopic (exact) mass is 535 g/mol. The van der Waals surface area contributed by atoms with E-state index in [1.165, 1.54) is 43.5 Å². The lowest BCUT2D eigenvalue weighted by atomic mass is 9.99. The maximum atomic E-state index is 5.44. The van der Waals surface area contributed by atoms with E-state index in [2.05, 4.69) is 161 Å². The van der Waals surface area contributed by atoms with Gasteiger partial charge in [-0.15, -0.1) is 0 Å². The maximum Gasteiger partial charge on any atom is 0.145 e. The molecule has 3 aromatic heterocycles. The average Bonchev–Trinajstić information content (AvgIpc) is 3.63. The van der Waals surface area contributed by atoms with Crippen molar-refractivity contribution >= 4 is 49.0 Å². The highest BCUT2D eigenvalue weighted by molar-refractivity contribution is 6.27. The van der Waals surface area contributed by atoms with Crippen molar-refractivity contribution in [1.82, 2.24) is 14.0 Å². The van der Waals surface area contributed by atoms with Gasteiger partial charge in [0, 0.05) is 38.4 Å². The van der Waals surface area contributed by atoms with Crippen LogP contribution in [0.4, 0.5) is 0 Å². The SMILES string of the molecule is c1ccc(-c2nc(-c3ccccc3)n3c2c2ccccc2c2ccc4c(c5ccccc5n4-c4ccccc4)c23)cc1. The molecule has 0 spiro atoms. The summed E-state index contributed by atoms with van der Waals surface area (Å²) in [6.45, 7) is 0.